The predicted molar refractivity (Wildman–Crippen MR) is 100 cm³/mol. The number of amides is 2. The molecule has 1 aliphatic heterocycles. The molecule has 0 aliphatic carbocycles. The van der Waals surface area contributed by atoms with Crippen molar-refractivity contribution in [2.24, 2.45) is 5.92 Å². The van der Waals surface area contributed by atoms with Gasteiger partial charge in [-0.3, -0.25) is 14.5 Å². The molecule has 8 nitrogen and oxygen atoms in total. The van der Waals surface area contributed by atoms with Crippen molar-refractivity contribution in [3.8, 4) is 0 Å². The Kier molecular flexibility index (Phi) is 5.13. The Morgan fingerprint density at radius 1 is 1.04 bits per heavy atom. The van der Waals surface area contributed by atoms with Crippen molar-refractivity contribution >= 4 is 28.5 Å². The number of rotatable bonds is 4. The van der Waals surface area contributed by atoms with Gasteiger partial charge in [0, 0.05) is 37.8 Å². The molecule has 2 heterocycles. The lowest BCUT2D eigenvalue weighted by Crippen LogP contribution is -2.54. The maximum atomic E-state index is 12.6. The summed E-state index contributed by atoms with van der Waals surface area (Å²) in [6.45, 7) is 8.31. The maximum absolute atomic E-state index is 12.6. The monoisotopic (exact) mass is 359 g/mol. The van der Waals surface area contributed by atoms with E-state index in [1.54, 1.807) is 18.2 Å². The Hall–Kier alpha value is -2.61. The fraction of sp³-hybridized carbons (Fsp3) is 0.500. The number of nitrogens with zero attached hydrogens (tertiary/aromatic N) is 2. The minimum absolute atomic E-state index is 0.00272. The Morgan fingerprint density at radius 3 is 2.35 bits per heavy atom. The number of hydrogen-bond acceptors (Lipinski definition) is 4. The van der Waals surface area contributed by atoms with E-state index in [0.717, 1.165) is 0 Å². The van der Waals surface area contributed by atoms with E-state index < -0.39 is 0 Å². The van der Waals surface area contributed by atoms with Gasteiger partial charge in [-0.05, 0) is 25.1 Å². The van der Waals surface area contributed by atoms with E-state index in [2.05, 4.69) is 20.2 Å². The van der Waals surface area contributed by atoms with Gasteiger partial charge in [0.25, 0.3) is 0 Å². The van der Waals surface area contributed by atoms with Crippen molar-refractivity contribution in [3.05, 3.63) is 28.7 Å². The van der Waals surface area contributed by atoms with Crippen LogP contribution in [0.2, 0.25) is 0 Å². The molecule has 0 radical (unpaired) electrons. The summed E-state index contributed by atoms with van der Waals surface area (Å²) >= 11 is 0. The van der Waals surface area contributed by atoms with Crippen molar-refractivity contribution in [2.45, 2.75) is 26.8 Å². The normalized spacial score (nSPS) is 16.8. The van der Waals surface area contributed by atoms with Crippen molar-refractivity contribution in [1.82, 2.24) is 19.8 Å². The summed E-state index contributed by atoms with van der Waals surface area (Å²) in [6.07, 6.45) is 0. The van der Waals surface area contributed by atoms with Crippen LogP contribution in [0.4, 0.5) is 5.69 Å². The van der Waals surface area contributed by atoms with Gasteiger partial charge in [0.05, 0.1) is 17.1 Å². The first-order valence-corrected chi connectivity index (χ1v) is 8.91. The first-order valence-electron chi connectivity index (χ1n) is 8.91. The zero-order chi connectivity index (χ0) is 18.8. The average Bonchev–Trinajstić information content (AvgIpc) is 2.99. The minimum atomic E-state index is -0.299. The van der Waals surface area contributed by atoms with Crippen molar-refractivity contribution < 1.29 is 9.59 Å². The maximum Gasteiger partial charge on any atom is 0.323 e. The number of nitrogens with one attached hydrogen (secondary N) is 3. The molecule has 1 atom stereocenters. The molecule has 0 bridgehead atoms. The molecule has 8 heteroatoms. The Balaban J connectivity index is 1.59. The molecular formula is C18H25N5O3. The predicted octanol–water partition coefficient (Wildman–Crippen LogP) is 0.983. The van der Waals surface area contributed by atoms with E-state index in [1.165, 1.54) is 0 Å². The SMILES string of the molecule is CC(C)C(=O)N1CCN([C@@H](C)C(=O)Nc2ccc3[nH]c(=O)[nH]c3c2)CC1. The molecule has 0 unspecified atom stereocenters. The smallest absolute Gasteiger partial charge is 0.323 e. The summed E-state index contributed by atoms with van der Waals surface area (Å²) in [5.41, 5.74) is 1.72. The van der Waals surface area contributed by atoms with E-state index in [1.807, 2.05) is 25.7 Å². The van der Waals surface area contributed by atoms with Gasteiger partial charge >= 0.3 is 5.69 Å². The van der Waals surface area contributed by atoms with Gasteiger partial charge in [-0.15, -0.1) is 0 Å². The summed E-state index contributed by atoms with van der Waals surface area (Å²) in [6, 6.07) is 4.95. The second-order valence-electron chi connectivity index (χ2n) is 7.02. The third-order valence-corrected chi connectivity index (χ3v) is 4.83. The van der Waals surface area contributed by atoms with Crippen LogP contribution in [0.25, 0.3) is 11.0 Å². The fourth-order valence-corrected chi connectivity index (χ4v) is 3.22. The fourth-order valence-electron chi connectivity index (χ4n) is 3.22. The van der Waals surface area contributed by atoms with E-state index in [-0.39, 0.29) is 29.5 Å². The lowest BCUT2D eigenvalue weighted by atomic mass is 10.1. The van der Waals surface area contributed by atoms with E-state index >= 15 is 0 Å². The molecule has 2 amide bonds. The number of benzene rings is 1. The van der Waals surface area contributed by atoms with Crippen LogP contribution in [-0.4, -0.2) is 63.8 Å². The molecule has 1 aliphatic rings. The summed E-state index contributed by atoms with van der Waals surface area (Å²) < 4.78 is 0. The van der Waals surface area contributed by atoms with Crippen LogP contribution in [-0.2, 0) is 9.59 Å². The molecule has 0 saturated carbocycles. The van der Waals surface area contributed by atoms with Gasteiger partial charge in [0.15, 0.2) is 0 Å². The first kappa shape index (κ1) is 18.2. The number of H-pyrrole nitrogens is 2. The number of carbonyl (C=O) groups is 2. The van der Waals surface area contributed by atoms with Crippen LogP contribution >= 0.6 is 0 Å². The number of aromatic nitrogens is 2. The molecule has 26 heavy (non-hydrogen) atoms. The Labute approximate surface area is 151 Å². The van der Waals surface area contributed by atoms with Crippen LogP contribution in [0, 0.1) is 5.92 Å². The average molecular weight is 359 g/mol. The van der Waals surface area contributed by atoms with Crippen molar-refractivity contribution in [1.29, 1.82) is 0 Å². The molecule has 140 valence electrons. The van der Waals surface area contributed by atoms with E-state index in [4.69, 9.17) is 0 Å². The number of aromatic amines is 2. The second kappa shape index (κ2) is 7.33. The molecular weight excluding hydrogens is 334 g/mol. The zero-order valence-corrected chi connectivity index (χ0v) is 15.3. The molecule has 3 N–H and O–H groups in total. The summed E-state index contributed by atoms with van der Waals surface area (Å²) in [5, 5.41) is 2.90. The minimum Gasteiger partial charge on any atom is -0.340 e. The highest BCUT2D eigenvalue weighted by Gasteiger charge is 2.28. The molecule has 1 aromatic heterocycles. The van der Waals surface area contributed by atoms with Crippen LogP contribution in [0.1, 0.15) is 20.8 Å². The lowest BCUT2D eigenvalue weighted by Gasteiger charge is -2.38. The van der Waals surface area contributed by atoms with E-state index in [0.29, 0.717) is 42.9 Å². The number of fused-ring (bicyclic) bond motifs is 1. The van der Waals surface area contributed by atoms with Crippen molar-refractivity contribution in [2.75, 3.05) is 31.5 Å². The third-order valence-electron chi connectivity index (χ3n) is 4.83. The summed E-state index contributed by atoms with van der Waals surface area (Å²) in [4.78, 5) is 45.2. The third kappa shape index (κ3) is 3.80. The van der Waals surface area contributed by atoms with Gasteiger partial charge in [-0.1, -0.05) is 13.8 Å². The van der Waals surface area contributed by atoms with Crippen LogP contribution in [0.15, 0.2) is 23.0 Å². The number of carbonyl (C=O) groups excluding carboxylic acids is 2. The summed E-state index contributed by atoms with van der Waals surface area (Å²) in [7, 11) is 0. The van der Waals surface area contributed by atoms with E-state index in [9.17, 15) is 14.4 Å². The highest BCUT2D eigenvalue weighted by molar-refractivity contribution is 5.96. The van der Waals surface area contributed by atoms with Crippen LogP contribution in [0.5, 0.6) is 0 Å². The lowest BCUT2D eigenvalue weighted by molar-refractivity contribution is -0.136. The molecule has 1 saturated heterocycles. The van der Waals surface area contributed by atoms with Gasteiger partial charge in [-0.2, -0.15) is 0 Å². The second-order valence-corrected chi connectivity index (χ2v) is 7.02. The highest BCUT2D eigenvalue weighted by Crippen LogP contribution is 2.16. The Morgan fingerprint density at radius 2 is 1.69 bits per heavy atom. The summed E-state index contributed by atoms with van der Waals surface area (Å²) in [5.74, 6) is 0.0542. The standard InChI is InChI=1S/C18H25N5O3/c1-11(2)17(25)23-8-6-22(7-9-23)12(3)16(24)19-13-4-5-14-15(10-13)21-18(26)20-14/h4-5,10-12H,6-9H2,1-3H3,(H,19,24)(H2,20,21,26)/t12-/m0/s1. The van der Waals surface area contributed by atoms with Gasteiger partial charge in [0.1, 0.15) is 0 Å². The highest BCUT2D eigenvalue weighted by atomic mass is 16.2. The quantitative estimate of drug-likeness (QED) is 0.757. The van der Waals surface area contributed by atoms with Crippen LogP contribution in [0.3, 0.4) is 0 Å². The number of piperazine rings is 1. The molecule has 1 aromatic carbocycles. The molecule has 3 rings (SSSR count). The number of anilines is 1. The van der Waals surface area contributed by atoms with Gasteiger partial charge in [0.2, 0.25) is 11.8 Å². The molecule has 0 spiro atoms. The first-order chi connectivity index (χ1) is 12.3. The number of imidazole rings is 1. The topological polar surface area (TPSA) is 101 Å². The van der Waals surface area contributed by atoms with Gasteiger partial charge < -0.3 is 20.2 Å². The molecule has 2 aromatic rings. The zero-order valence-electron chi connectivity index (χ0n) is 15.3. The Bertz CT molecular complexity index is 861. The molecule has 1 fully saturated rings. The largest absolute Gasteiger partial charge is 0.340 e. The van der Waals surface area contributed by atoms with Gasteiger partial charge in [-0.25, -0.2) is 4.79 Å². The van der Waals surface area contributed by atoms with Crippen molar-refractivity contribution in [3.63, 3.8) is 0 Å². The number of hydrogen-bond donors (Lipinski definition) is 3. The van der Waals surface area contributed by atoms with Crippen LogP contribution < -0.4 is 11.0 Å².